The van der Waals surface area contributed by atoms with Crippen molar-refractivity contribution >= 4 is 45.8 Å². The lowest BCUT2D eigenvalue weighted by Crippen LogP contribution is -2.22. The number of thioether (sulfide) groups is 1. The van der Waals surface area contributed by atoms with Crippen LogP contribution in [0, 0.1) is 13.8 Å². The van der Waals surface area contributed by atoms with E-state index in [9.17, 15) is 9.59 Å². The smallest absolute Gasteiger partial charge is 0.316 e. The normalized spacial score (nSPS) is 14.4. The van der Waals surface area contributed by atoms with Crippen LogP contribution in [0.5, 0.6) is 0 Å². The molecule has 156 valence electrons. The lowest BCUT2D eigenvalue weighted by Gasteiger charge is -2.21. The largest absolute Gasteiger partial charge is 0.455 e. The molecule has 0 atom stereocenters. The third-order valence-electron chi connectivity index (χ3n) is 4.68. The monoisotopic (exact) mass is 434 g/mol. The van der Waals surface area contributed by atoms with E-state index in [1.165, 1.54) is 55.2 Å². The van der Waals surface area contributed by atoms with Gasteiger partial charge in [0.1, 0.15) is 0 Å². The van der Waals surface area contributed by atoms with Crippen LogP contribution in [-0.2, 0) is 14.3 Å². The molecule has 1 aliphatic carbocycles. The Hall–Kier alpha value is -2.13. The summed E-state index contributed by atoms with van der Waals surface area (Å²) in [7, 11) is 0. The Morgan fingerprint density at radius 3 is 2.79 bits per heavy atom. The van der Waals surface area contributed by atoms with E-state index in [1.807, 2.05) is 32.0 Å². The van der Waals surface area contributed by atoms with E-state index in [2.05, 4.69) is 20.8 Å². The maximum absolute atomic E-state index is 12.0. The number of benzene rings is 1. The summed E-state index contributed by atoms with van der Waals surface area (Å²) >= 11 is 2.71. The summed E-state index contributed by atoms with van der Waals surface area (Å²) in [6.07, 6.45) is 6.14. The zero-order valence-electron chi connectivity index (χ0n) is 16.7. The highest BCUT2D eigenvalue weighted by molar-refractivity contribution is 8.01. The van der Waals surface area contributed by atoms with Crippen LogP contribution in [0.25, 0.3) is 0 Å². The van der Waals surface area contributed by atoms with E-state index < -0.39 is 5.97 Å². The first-order valence-corrected chi connectivity index (χ1v) is 11.6. The fraction of sp³-hybridized carbons (Fsp3) is 0.500. The molecule has 9 heteroatoms. The summed E-state index contributed by atoms with van der Waals surface area (Å²) in [5.41, 5.74) is 2.74. The Labute approximate surface area is 179 Å². The highest BCUT2D eigenvalue weighted by Crippen LogP contribution is 2.28. The summed E-state index contributed by atoms with van der Waals surface area (Å²) in [5, 5.41) is 15.2. The fourth-order valence-electron chi connectivity index (χ4n) is 3.11. The molecule has 1 aromatic heterocycles. The van der Waals surface area contributed by atoms with E-state index in [1.54, 1.807) is 0 Å². The Kier molecular flexibility index (Phi) is 7.88. The predicted molar refractivity (Wildman–Crippen MR) is 117 cm³/mol. The van der Waals surface area contributed by atoms with Crippen molar-refractivity contribution in [2.24, 2.45) is 0 Å². The molecule has 1 heterocycles. The van der Waals surface area contributed by atoms with Gasteiger partial charge in [0, 0.05) is 11.7 Å². The quantitative estimate of drug-likeness (QED) is 0.476. The van der Waals surface area contributed by atoms with Crippen molar-refractivity contribution < 1.29 is 14.3 Å². The lowest BCUT2D eigenvalue weighted by atomic mass is 9.96. The molecule has 0 saturated heterocycles. The van der Waals surface area contributed by atoms with Crippen molar-refractivity contribution in [2.75, 3.05) is 23.0 Å². The van der Waals surface area contributed by atoms with Gasteiger partial charge in [0.2, 0.25) is 5.13 Å². The number of esters is 1. The Morgan fingerprint density at radius 1 is 1.21 bits per heavy atom. The maximum atomic E-state index is 12.0. The third-order valence-corrected chi connectivity index (χ3v) is 6.65. The van der Waals surface area contributed by atoms with Crippen LogP contribution < -0.4 is 10.6 Å². The number of carbonyl (C=O) groups is 2. The molecule has 1 saturated carbocycles. The number of aryl methyl sites for hydroxylation is 2. The van der Waals surface area contributed by atoms with Gasteiger partial charge in [-0.15, -0.1) is 10.2 Å². The van der Waals surface area contributed by atoms with Crippen molar-refractivity contribution in [2.45, 2.75) is 56.3 Å². The minimum Gasteiger partial charge on any atom is -0.455 e. The molecule has 0 spiro atoms. The maximum Gasteiger partial charge on any atom is 0.316 e. The molecule has 1 amide bonds. The van der Waals surface area contributed by atoms with Gasteiger partial charge in [-0.3, -0.25) is 9.59 Å². The molecule has 1 fully saturated rings. The van der Waals surface area contributed by atoms with Crippen LogP contribution in [0.1, 0.15) is 43.2 Å². The Bertz CT molecular complexity index is 850. The van der Waals surface area contributed by atoms with Gasteiger partial charge in [-0.1, -0.05) is 54.5 Å². The molecule has 0 bridgehead atoms. The first kappa shape index (κ1) is 21.6. The average Bonchev–Trinajstić information content (AvgIpc) is 3.15. The van der Waals surface area contributed by atoms with Gasteiger partial charge in [0.25, 0.3) is 5.91 Å². The van der Waals surface area contributed by atoms with Crippen molar-refractivity contribution in [3.63, 3.8) is 0 Å². The predicted octanol–water partition coefficient (Wildman–Crippen LogP) is 4.17. The topological polar surface area (TPSA) is 93.2 Å². The minimum absolute atomic E-state index is 0.0921. The van der Waals surface area contributed by atoms with Crippen LogP contribution in [-0.4, -0.2) is 40.5 Å². The van der Waals surface area contributed by atoms with Gasteiger partial charge in [0.15, 0.2) is 10.9 Å². The van der Waals surface area contributed by atoms with Crippen LogP contribution in [0.3, 0.4) is 0 Å². The van der Waals surface area contributed by atoms with Crippen LogP contribution in [0.15, 0.2) is 22.5 Å². The highest BCUT2D eigenvalue weighted by atomic mass is 32.2. The second-order valence-electron chi connectivity index (χ2n) is 7.17. The molecular formula is C20H26N4O3S2. The number of ether oxygens (including phenoxy) is 1. The number of hydrogen-bond donors (Lipinski definition) is 2. The standard InChI is InChI=1S/C20H26N4O3S2/c1-13-8-9-14(2)16(10-13)22-17(25)11-27-18(26)12-28-20-24-23-19(29-20)21-15-6-4-3-5-7-15/h8-10,15H,3-7,11-12H2,1-2H3,(H,21,23)(H,22,25). The van der Waals surface area contributed by atoms with Crippen molar-refractivity contribution in [1.82, 2.24) is 10.2 Å². The molecule has 0 aliphatic heterocycles. The highest BCUT2D eigenvalue weighted by Gasteiger charge is 2.16. The summed E-state index contributed by atoms with van der Waals surface area (Å²) < 4.78 is 5.77. The number of rotatable bonds is 8. The van der Waals surface area contributed by atoms with E-state index in [4.69, 9.17) is 4.74 Å². The lowest BCUT2D eigenvalue weighted by molar-refractivity contribution is -0.144. The van der Waals surface area contributed by atoms with Gasteiger partial charge in [-0.2, -0.15) is 0 Å². The zero-order valence-corrected chi connectivity index (χ0v) is 18.3. The van der Waals surface area contributed by atoms with Gasteiger partial charge >= 0.3 is 5.97 Å². The first-order chi connectivity index (χ1) is 14.0. The molecule has 3 rings (SSSR count). The number of anilines is 2. The second kappa shape index (κ2) is 10.6. The number of nitrogens with zero attached hydrogens (tertiary/aromatic N) is 2. The van der Waals surface area contributed by atoms with Gasteiger partial charge in [0.05, 0.1) is 5.75 Å². The number of carbonyl (C=O) groups excluding carboxylic acids is 2. The van der Waals surface area contributed by atoms with Gasteiger partial charge < -0.3 is 15.4 Å². The average molecular weight is 435 g/mol. The molecular weight excluding hydrogens is 408 g/mol. The van der Waals surface area contributed by atoms with Crippen molar-refractivity contribution in [3.8, 4) is 0 Å². The fourth-order valence-corrected chi connectivity index (χ4v) is 4.74. The molecule has 0 radical (unpaired) electrons. The summed E-state index contributed by atoms with van der Waals surface area (Å²) in [4.78, 5) is 24.0. The van der Waals surface area contributed by atoms with Crippen LogP contribution >= 0.6 is 23.1 Å². The van der Waals surface area contributed by atoms with E-state index in [-0.39, 0.29) is 18.3 Å². The Balaban J connectivity index is 1.37. The second-order valence-corrected chi connectivity index (χ2v) is 9.37. The molecule has 7 nitrogen and oxygen atoms in total. The summed E-state index contributed by atoms with van der Waals surface area (Å²) in [6, 6.07) is 6.27. The SMILES string of the molecule is Cc1ccc(C)c(NC(=O)COC(=O)CSc2nnc(NC3CCCCC3)s2)c1. The van der Waals surface area contributed by atoms with E-state index in [0.717, 1.165) is 21.9 Å². The van der Waals surface area contributed by atoms with Crippen LogP contribution in [0.2, 0.25) is 0 Å². The molecule has 0 unspecified atom stereocenters. The minimum atomic E-state index is -0.455. The molecule has 2 N–H and O–H groups in total. The van der Waals surface area contributed by atoms with E-state index >= 15 is 0 Å². The van der Waals surface area contributed by atoms with E-state index in [0.29, 0.717) is 10.4 Å². The van der Waals surface area contributed by atoms with Crippen molar-refractivity contribution in [1.29, 1.82) is 0 Å². The number of aromatic nitrogens is 2. The molecule has 1 aliphatic rings. The summed E-state index contributed by atoms with van der Waals surface area (Å²) in [5.74, 6) is -0.718. The first-order valence-electron chi connectivity index (χ1n) is 9.75. The Morgan fingerprint density at radius 2 is 2.00 bits per heavy atom. The zero-order chi connectivity index (χ0) is 20.6. The third kappa shape index (κ3) is 7.01. The van der Waals surface area contributed by atoms with Gasteiger partial charge in [-0.25, -0.2) is 0 Å². The molecule has 1 aromatic carbocycles. The van der Waals surface area contributed by atoms with Gasteiger partial charge in [-0.05, 0) is 43.9 Å². The molecule has 29 heavy (non-hydrogen) atoms. The number of hydrogen-bond acceptors (Lipinski definition) is 8. The molecule has 2 aromatic rings. The number of nitrogens with one attached hydrogen (secondary N) is 2. The number of amides is 1. The van der Waals surface area contributed by atoms with Crippen molar-refractivity contribution in [3.05, 3.63) is 29.3 Å². The summed E-state index contributed by atoms with van der Waals surface area (Å²) in [6.45, 7) is 3.56. The van der Waals surface area contributed by atoms with Crippen LogP contribution in [0.4, 0.5) is 10.8 Å².